The van der Waals surface area contributed by atoms with Crippen molar-refractivity contribution in [3.63, 3.8) is 0 Å². The van der Waals surface area contributed by atoms with Gasteiger partial charge in [0.1, 0.15) is 11.5 Å². The number of hydrogen-bond acceptors (Lipinski definition) is 3. The van der Waals surface area contributed by atoms with Crippen LogP contribution in [0.3, 0.4) is 0 Å². The average molecular weight is 271 g/mol. The number of rotatable bonds is 6. The predicted octanol–water partition coefficient (Wildman–Crippen LogP) is 2.35. The fourth-order valence-corrected chi connectivity index (χ4v) is 1.73. The number of amides is 1. The molecule has 0 saturated heterocycles. The summed E-state index contributed by atoms with van der Waals surface area (Å²) in [5.74, 6) is 0.171. The second-order valence-corrected chi connectivity index (χ2v) is 4.04. The lowest BCUT2D eigenvalue weighted by atomic mass is 10.1. The normalized spacial score (nSPS) is 11.4. The molecular formula is C15H13NO4. The van der Waals surface area contributed by atoms with Crippen molar-refractivity contribution in [2.45, 2.75) is 6.04 Å². The average Bonchev–Trinajstić information content (AvgIpc) is 2.47. The number of carbonyl (C=O) groups is 2. The highest BCUT2D eigenvalue weighted by Gasteiger charge is 2.18. The van der Waals surface area contributed by atoms with Crippen LogP contribution in [0.15, 0.2) is 54.6 Å². The van der Waals surface area contributed by atoms with Gasteiger partial charge in [0.2, 0.25) is 6.41 Å². The Hall–Kier alpha value is -2.82. The van der Waals surface area contributed by atoms with Crippen LogP contribution in [-0.2, 0) is 9.59 Å². The largest absolute Gasteiger partial charge is 0.479 e. The summed E-state index contributed by atoms with van der Waals surface area (Å²) in [4.78, 5) is 21.4. The summed E-state index contributed by atoms with van der Waals surface area (Å²) < 4.78 is 5.60. The van der Waals surface area contributed by atoms with E-state index in [1.54, 1.807) is 24.3 Å². The van der Waals surface area contributed by atoms with Crippen LogP contribution < -0.4 is 10.1 Å². The lowest BCUT2D eigenvalue weighted by Gasteiger charge is -2.12. The summed E-state index contributed by atoms with van der Waals surface area (Å²) >= 11 is 0. The van der Waals surface area contributed by atoms with Gasteiger partial charge in [0.05, 0.1) is 0 Å². The molecule has 2 aromatic carbocycles. The Balaban J connectivity index is 2.13. The van der Waals surface area contributed by atoms with E-state index >= 15 is 0 Å². The standard InChI is InChI=1S/C15H13NO4/c17-10-16-14(15(18)19)11-6-8-13(9-7-11)20-12-4-2-1-3-5-12/h1-10,14H,(H,16,17)(H,18,19). The fourth-order valence-electron chi connectivity index (χ4n) is 1.73. The summed E-state index contributed by atoms with van der Waals surface area (Å²) in [6.07, 6.45) is 0.368. The van der Waals surface area contributed by atoms with Crippen molar-refractivity contribution in [2.24, 2.45) is 0 Å². The van der Waals surface area contributed by atoms with E-state index in [4.69, 9.17) is 9.84 Å². The monoisotopic (exact) mass is 271 g/mol. The molecule has 2 rings (SSSR count). The van der Waals surface area contributed by atoms with E-state index in [1.165, 1.54) is 0 Å². The topological polar surface area (TPSA) is 75.6 Å². The third-order valence-electron chi connectivity index (χ3n) is 2.67. The van der Waals surface area contributed by atoms with Gasteiger partial charge in [-0.15, -0.1) is 0 Å². The zero-order valence-corrected chi connectivity index (χ0v) is 10.5. The van der Waals surface area contributed by atoms with Crippen molar-refractivity contribution < 1.29 is 19.4 Å². The van der Waals surface area contributed by atoms with Crippen LogP contribution in [-0.4, -0.2) is 17.5 Å². The molecule has 1 unspecified atom stereocenters. The van der Waals surface area contributed by atoms with Crippen molar-refractivity contribution >= 4 is 12.4 Å². The van der Waals surface area contributed by atoms with Gasteiger partial charge in [-0.1, -0.05) is 30.3 Å². The third-order valence-corrected chi connectivity index (χ3v) is 2.67. The highest BCUT2D eigenvalue weighted by atomic mass is 16.5. The number of nitrogens with one attached hydrogen (secondary N) is 1. The summed E-state index contributed by atoms with van der Waals surface area (Å²) in [5.41, 5.74) is 0.477. The first kappa shape index (κ1) is 13.6. The Kier molecular flexibility index (Phi) is 4.34. The third kappa shape index (κ3) is 3.35. The Morgan fingerprint density at radius 2 is 1.65 bits per heavy atom. The number of aliphatic carboxylic acids is 1. The quantitative estimate of drug-likeness (QED) is 0.791. The number of carboxylic acids is 1. The molecule has 5 nitrogen and oxygen atoms in total. The number of hydrogen-bond donors (Lipinski definition) is 2. The molecule has 0 aromatic heterocycles. The molecule has 2 N–H and O–H groups in total. The highest BCUT2D eigenvalue weighted by molar-refractivity contribution is 5.78. The van der Waals surface area contributed by atoms with Gasteiger partial charge in [-0.2, -0.15) is 0 Å². The van der Waals surface area contributed by atoms with E-state index in [1.807, 2.05) is 30.3 Å². The molecule has 1 amide bonds. The summed E-state index contributed by atoms with van der Waals surface area (Å²) in [6.45, 7) is 0. The zero-order chi connectivity index (χ0) is 14.4. The molecule has 0 bridgehead atoms. The molecule has 0 spiro atoms. The van der Waals surface area contributed by atoms with Gasteiger partial charge in [0, 0.05) is 0 Å². The van der Waals surface area contributed by atoms with Gasteiger partial charge in [0.15, 0.2) is 6.04 Å². The molecule has 0 heterocycles. The second-order valence-electron chi connectivity index (χ2n) is 4.04. The summed E-state index contributed by atoms with van der Waals surface area (Å²) in [7, 11) is 0. The number of carbonyl (C=O) groups excluding carboxylic acids is 1. The Morgan fingerprint density at radius 1 is 1.05 bits per heavy atom. The van der Waals surface area contributed by atoms with Gasteiger partial charge < -0.3 is 15.2 Å². The van der Waals surface area contributed by atoms with Crippen LogP contribution in [0, 0.1) is 0 Å². The van der Waals surface area contributed by atoms with E-state index < -0.39 is 12.0 Å². The molecule has 0 saturated carbocycles. The molecule has 0 radical (unpaired) electrons. The van der Waals surface area contributed by atoms with E-state index in [2.05, 4.69) is 5.32 Å². The molecule has 1 atom stereocenters. The summed E-state index contributed by atoms with van der Waals surface area (Å²) in [6, 6.07) is 14.7. The van der Waals surface area contributed by atoms with Gasteiger partial charge in [0.25, 0.3) is 0 Å². The lowest BCUT2D eigenvalue weighted by molar-refractivity contribution is -0.140. The molecule has 2 aromatic rings. The molecule has 0 fully saturated rings. The van der Waals surface area contributed by atoms with E-state index in [0.717, 1.165) is 0 Å². The molecule has 0 aliphatic heterocycles. The first-order valence-corrected chi connectivity index (χ1v) is 5.96. The molecular weight excluding hydrogens is 258 g/mol. The smallest absolute Gasteiger partial charge is 0.330 e. The Labute approximate surface area is 115 Å². The number of benzene rings is 2. The van der Waals surface area contributed by atoms with Crippen LogP contribution in [0.2, 0.25) is 0 Å². The minimum absolute atomic E-state index is 0.368. The number of ether oxygens (including phenoxy) is 1. The van der Waals surface area contributed by atoms with Crippen molar-refractivity contribution in [1.29, 1.82) is 0 Å². The minimum Gasteiger partial charge on any atom is -0.479 e. The molecule has 20 heavy (non-hydrogen) atoms. The van der Waals surface area contributed by atoms with Crippen LogP contribution in [0.1, 0.15) is 11.6 Å². The van der Waals surface area contributed by atoms with Crippen LogP contribution in [0.25, 0.3) is 0 Å². The van der Waals surface area contributed by atoms with Crippen LogP contribution in [0.4, 0.5) is 0 Å². The SMILES string of the molecule is O=CNC(C(=O)O)c1ccc(Oc2ccccc2)cc1. The molecule has 0 aliphatic carbocycles. The van der Waals surface area contributed by atoms with Crippen molar-refractivity contribution in [3.8, 4) is 11.5 Å². The predicted molar refractivity (Wildman–Crippen MR) is 72.5 cm³/mol. The summed E-state index contributed by atoms with van der Waals surface area (Å²) in [5, 5.41) is 11.3. The molecule has 5 heteroatoms. The van der Waals surface area contributed by atoms with E-state index in [0.29, 0.717) is 23.5 Å². The maximum absolute atomic E-state index is 11.0. The molecule has 102 valence electrons. The van der Waals surface area contributed by atoms with Gasteiger partial charge in [-0.3, -0.25) is 4.79 Å². The first-order valence-electron chi connectivity index (χ1n) is 5.96. The number of para-hydroxylation sites is 1. The van der Waals surface area contributed by atoms with Crippen molar-refractivity contribution in [3.05, 3.63) is 60.2 Å². The maximum Gasteiger partial charge on any atom is 0.330 e. The van der Waals surface area contributed by atoms with Crippen molar-refractivity contribution in [2.75, 3.05) is 0 Å². The van der Waals surface area contributed by atoms with E-state index in [9.17, 15) is 9.59 Å². The lowest BCUT2D eigenvalue weighted by Crippen LogP contribution is -2.27. The van der Waals surface area contributed by atoms with Gasteiger partial charge in [-0.25, -0.2) is 4.79 Å². The van der Waals surface area contributed by atoms with Crippen LogP contribution in [0.5, 0.6) is 11.5 Å². The highest BCUT2D eigenvalue weighted by Crippen LogP contribution is 2.23. The Morgan fingerprint density at radius 3 is 2.20 bits per heavy atom. The number of carboxylic acid groups (broad SMARTS) is 1. The second kappa shape index (κ2) is 6.38. The fraction of sp³-hybridized carbons (Fsp3) is 0.0667. The van der Waals surface area contributed by atoms with Gasteiger partial charge >= 0.3 is 5.97 Å². The first-order chi connectivity index (χ1) is 9.70. The zero-order valence-electron chi connectivity index (χ0n) is 10.5. The van der Waals surface area contributed by atoms with E-state index in [-0.39, 0.29) is 0 Å². The minimum atomic E-state index is -1.12. The molecule has 0 aliphatic rings. The van der Waals surface area contributed by atoms with Crippen molar-refractivity contribution in [1.82, 2.24) is 5.32 Å². The van der Waals surface area contributed by atoms with Crippen LogP contribution >= 0.6 is 0 Å². The van der Waals surface area contributed by atoms with Gasteiger partial charge in [-0.05, 0) is 29.8 Å². The Bertz CT molecular complexity index is 581. The maximum atomic E-state index is 11.0.